The lowest BCUT2D eigenvalue weighted by molar-refractivity contribution is 0.0690. The Morgan fingerprint density at radius 3 is 2.72 bits per heavy atom. The van der Waals surface area contributed by atoms with Crippen LogP contribution in [0.5, 0.6) is 5.88 Å². The van der Waals surface area contributed by atoms with Crippen molar-refractivity contribution < 1.29 is 14.6 Å². The number of carbonyl (C=O) groups is 1. The van der Waals surface area contributed by atoms with Crippen LogP contribution in [0.15, 0.2) is 12.3 Å². The van der Waals surface area contributed by atoms with Gasteiger partial charge < -0.3 is 9.84 Å². The summed E-state index contributed by atoms with van der Waals surface area (Å²) >= 11 is 0. The fraction of sp³-hybridized carbons (Fsp3) is 0.571. The SMILES string of the molecule is CCCCCCCOc1nccc(C)c1C(=O)O. The molecule has 0 aliphatic heterocycles. The molecule has 0 saturated carbocycles. The van der Waals surface area contributed by atoms with Crippen molar-refractivity contribution >= 4 is 5.97 Å². The lowest BCUT2D eigenvalue weighted by atomic mass is 10.1. The van der Waals surface area contributed by atoms with Crippen molar-refractivity contribution in [2.24, 2.45) is 0 Å². The molecule has 1 rings (SSSR count). The van der Waals surface area contributed by atoms with Gasteiger partial charge in [0.1, 0.15) is 5.56 Å². The van der Waals surface area contributed by atoms with E-state index in [1.807, 2.05) is 0 Å². The number of aromatic nitrogens is 1. The van der Waals surface area contributed by atoms with E-state index in [0.29, 0.717) is 12.2 Å². The van der Waals surface area contributed by atoms with E-state index in [4.69, 9.17) is 9.84 Å². The number of aryl methyl sites for hydroxylation is 1. The van der Waals surface area contributed by atoms with E-state index < -0.39 is 5.97 Å². The van der Waals surface area contributed by atoms with Gasteiger partial charge in [-0.05, 0) is 25.0 Å². The molecule has 0 aliphatic carbocycles. The molecule has 0 aliphatic rings. The molecule has 0 unspecified atom stereocenters. The first-order valence-corrected chi connectivity index (χ1v) is 6.48. The Morgan fingerprint density at radius 1 is 1.33 bits per heavy atom. The predicted octanol–water partition coefficient (Wildman–Crippen LogP) is 3.44. The van der Waals surface area contributed by atoms with Crippen molar-refractivity contribution in [3.05, 3.63) is 23.4 Å². The third kappa shape index (κ3) is 4.35. The van der Waals surface area contributed by atoms with Crippen molar-refractivity contribution in [2.75, 3.05) is 6.61 Å². The monoisotopic (exact) mass is 251 g/mol. The lowest BCUT2D eigenvalue weighted by Crippen LogP contribution is -2.08. The van der Waals surface area contributed by atoms with Crippen molar-refractivity contribution in [2.45, 2.75) is 46.0 Å². The fourth-order valence-corrected chi connectivity index (χ4v) is 1.78. The summed E-state index contributed by atoms with van der Waals surface area (Å²) in [6.45, 7) is 4.45. The minimum absolute atomic E-state index is 0.172. The first-order valence-electron chi connectivity index (χ1n) is 6.48. The van der Waals surface area contributed by atoms with Crippen molar-refractivity contribution in [3.63, 3.8) is 0 Å². The zero-order valence-electron chi connectivity index (χ0n) is 11.1. The van der Waals surface area contributed by atoms with Gasteiger partial charge in [0.25, 0.3) is 0 Å². The Hall–Kier alpha value is -1.58. The lowest BCUT2D eigenvalue weighted by Gasteiger charge is -2.09. The molecular weight excluding hydrogens is 230 g/mol. The molecule has 0 radical (unpaired) electrons. The van der Waals surface area contributed by atoms with Crippen LogP contribution in [0.25, 0.3) is 0 Å². The second kappa shape index (κ2) is 7.69. The number of pyridine rings is 1. The molecule has 1 aromatic rings. The van der Waals surface area contributed by atoms with Crippen LogP contribution in [0.1, 0.15) is 54.9 Å². The summed E-state index contributed by atoms with van der Waals surface area (Å²) in [4.78, 5) is 15.1. The molecule has 1 N–H and O–H groups in total. The van der Waals surface area contributed by atoms with Crippen LogP contribution in [-0.2, 0) is 0 Å². The number of nitrogens with zero attached hydrogens (tertiary/aromatic N) is 1. The predicted molar refractivity (Wildman–Crippen MR) is 70.2 cm³/mol. The van der Waals surface area contributed by atoms with Crippen LogP contribution < -0.4 is 4.74 Å². The molecule has 4 heteroatoms. The summed E-state index contributed by atoms with van der Waals surface area (Å²) in [6.07, 6.45) is 7.28. The molecule has 1 aromatic heterocycles. The molecule has 0 fully saturated rings. The number of hydrogen-bond donors (Lipinski definition) is 1. The first-order chi connectivity index (χ1) is 8.66. The van der Waals surface area contributed by atoms with Crippen molar-refractivity contribution in [3.8, 4) is 5.88 Å². The van der Waals surface area contributed by atoms with E-state index in [2.05, 4.69) is 11.9 Å². The third-order valence-corrected chi connectivity index (χ3v) is 2.83. The summed E-state index contributed by atoms with van der Waals surface area (Å²) in [7, 11) is 0. The van der Waals surface area contributed by atoms with Gasteiger partial charge in [-0.2, -0.15) is 0 Å². The normalized spacial score (nSPS) is 10.3. The van der Waals surface area contributed by atoms with Crippen LogP contribution in [0.3, 0.4) is 0 Å². The molecule has 100 valence electrons. The molecule has 0 bridgehead atoms. The third-order valence-electron chi connectivity index (χ3n) is 2.83. The van der Waals surface area contributed by atoms with Gasteiger partial charge in [0.2, 0.25) is 5.88 Å². The number of carboxylic acids is 1. The Kier molecular flexibility index (Phi) is 6.19. The molecule has 0 spiro atoms. The topological polar surface area (TPSA) is 59.4 Å². The molecule has 0 aromatic carbocycles. The van der Waals surface area contributed by atoms with Crippen LogP contribution in [0.2, 0.25) is 0 Å². The molecular formula is C14H21NO3. The van der Waals surface area contributed by atoms with Gasteiger partial charge in [-0.1, -0.05) is 32.6 Å². The Labute approximate surface area is 108 Å². The minimum atomic E-state index is -0.985. The molecule has 18 heavy (non-hydrogen) atoms. The van der Waals surface area contributed by atoms with Crippen molar-refractivity contribution in [1.29, 1.82) is 0 Å². The zero-order valence-corrected chi connectivity index (χ0v) is 11.1. The van der Waals surface area contributed by atoms with E-state index >= 15 is 0 Å². The molecule has 0 saturated heterocycles. The Bertz CT molecular complexity index is 391. The summed E-state index contributed by atoms with van der Waals surface area (Å²) in [5, 5.41) is 9.10. The largest absolute Gasteiger partial charge is 0.477 e. The van der Waals surface area contributed by atoms with Gasteiger partial charge in [-0.3, -0.25) is 0 Å². The fourth-order valence-electron chi connectivity index (χ4n) is 1.78. The van der Waals surface area contributed by atoms with Gasteiger partial charge >= 0.3 is 5.97 Å². The Morgan fingerprint density at radius 2 is 2.06 bits per heavy atom. The van der Waals surface area contributed by atoms with Gasteiger partial charge in [-0.15, -0.1) is 0 Å². The van der Waals surface area contributed by atoms with Gasteiger partial charge in [0, 0.05) is 6.20 Å². The van der Waals surface area contributed by atoms with Crippen LogP contribution >= 0.6 is 0 Å². The summed E-state index contributed by atoms with van der Waals surface area (Å²) in [5.41, 5.74) is 0.851. The second-order valence-electron chi connectivity index (χ2n) is 4.38. The van der Waals surface area contributed by atoms with Gasteiger partial charge in [0.05, 0.1) is 6.61 Å². The second-order valence-corrected chi connectivity index (χ2v) is 4.38. The molecule has 0 amide bonds. The average molecular weight is 251 g/mol. The first kappa shape index (κ1) is 14.5. The van der Waals surface area contributed by atoms with E-state index in [0.717, 1.165) is 12.8 Å². The smallest absolute Gasteiger partial charge is 0.341 e. The number of ether oxygens (including phenoxy) is 1. The highest BCUT2D eigenvalue weighted by molar-refractivity contribution is 5.91. The summed E-state index contributed by atoms with van der Waals surface area (Å²) in [6, 6.07) is 1.68. The number of unbranched alkanes of at least 4 members (excludes halogenated alkanes) is 4. The maximum Gasteiger partial charge on any atom is 0.341 e. The number of carboxylic acid groups (broad SMARTS) is 1. The van der Waals surface area contributed by atoms with Gasteiger partial charge in [-0.25, -0.2) is 9.78 Å². The molecule has 4 nitrogen and oxygen atoms in total. The van der Waals surface area contributed by atoms with E-state index in [1.165, 1.54) is 19.3 Å². The standard InChI is InChI=1S/C14H21NO3/c1-3-4-5-6-7-10-18-13-12(14(16)17)11(2)8-9-15-13/h8-9H,3-7,10H2,1-2H3,(H,16,17). The maximum absolute atomic E-state index is 11.1. The highest BCUT2D eigenvalue weighted by atomic mass is 16.5. The number of rotatable bonds is 8. The van der Waals surface area contributed by atoms with E-state index in [1.54, 1.807) is 19.2 Å². The van der Waals surface area contributed by atoms with E-state index in [9.17, 15) is 4.79 Å². The Balaban J connectivity index is 2.47. The summed E-state index contributed by atoms with van der Waals surface area (Å²) in [5.74, 6) is -0.750. The quantitative estimate of drug-likeness (QED) is 0.719. The van der Waals surface area contributed by atoms with Crippen LogP contribution in [0.4, 0.5) is 0 Å². The molecule has 1 heterocycles. The summed E-state index contributed by atoms with van der Waals surface area (Å²) < 4.78 is 5.47. The highest BCUT2D eigenvalue weighted by Gasteiger charge is 2.15. The zero-order chi connectivity index (χ0) is 13.4. The number of aromatic carboxylic acids is 1. The van der Waals surface area contributed by atoms with Crippen LogP contribution in [0, 0.1) is 6.92 Å². The van der Waals surface area contributed by atoms with E-state index in [-0.39, 0.29) is 11.4 Å². The minimum Gasteiger partial charge on any atom is -0.477 e. The van der Waals surface area contributed by atoms with Gasteiger partial charge in [0.15, 0.2) is 0 Å². The molecule has 0 atom stereocenters. The van der Waals surface area contributed by atoms with Crippen LogP contribution in [-0.4, -0.2) is 22.7 Å². The maximum atomic E-state index is 11.1. The van der Waals surface area contributed by atoms with Crippen molar-refractivity contribution in [1.82, 2.24) is 4.98 Å². The average Bonchev–Trinajstić information content (AvgIpc) is 2.33. The number of hydrogen-bond acceptors (Lipinski definition) is 3. The highest BCUT2D eigenvalue weighted by Crippen LogP contribution is 2.19.